The van der Waals surface area contributed by atoms with Crippen LogP contribution in [0.25, 0.3) is 0 Å². The number of halogens is 3. The van der Waals surface area contributed by atoms with Crippen molar-refractivity contribution in [3.8, 4) is 0 Å². The van der Waals surface area contributed by atoms with Gasteiger partial charge in [0.05, 0.1) is 14.4 Å². The zero-order valence-corrected chi connectivity index (χ0v) is 14.9. The summed E-state index contributed by atoms with van der Waals surface area (Å²) in [6.45, 7) is 4.93. The summed E-state index contributed by atoms with van der Waals surface area (Å²) in [5, 5.41) is 0.127. The van der Waals surface area contributed by atoms with E-state index in [1.807, 2.05) is 13.8 Å². The molecule has 0 aliphatic carbocycles. The highest BCUT2D eigenvalue weighted by Crippen LogP contribution is 2.33. The van der Waals surface area contributed by atoms with Gasteiger partial charge in [0.25, 0.3) is 15.0 Å². The summed E-state index contributed by atoms with van der Waals surface area (Å²) in [6, 6.07) is 2.66. The molecule has 0 saturated carbocycles. The van der Waals surface area contributed by atoms with E-state index < -0.39 is 9.05 Å². The van der Waals surface area contributed by atoms with E-state index in [-0.39, 0.29) is 25.9 Å². The lowest BCUT2D eigenvalue weighted by Crippen LogP contribution is -2.31. The second-order valence-corrected chi connectivity index (χ2v) is 7.83. The molecule has 0 unspecified atom stereocenters. The molecular weight excluding hydrogens is 389 g/mol. The Bertz CT molecular complexity index is 619. The van der Waals surface area contributed by atoms with E-state index in [4.69, 9.17) is 22.3 Å². The fourth-order valence-corrected chi connectivity index (χ4v) is 4.10. The highest BCUT2D eigenvalue weighted by molar-refractivity contribution is 9.10. The van der Waals surface area contributed by atoms with Crippen LogP contribution in [0.2, 0.25) is 5.02 Å². The first kappa shape index (κ1) is 17.8. The first-order valence-electron chi connectivity index (χ1n) is 5.95. The number of rotatable bonds is 5. The fourth-order valence-electron chi connectivity index (χ4n) is 1.72. The molecule has 0 radical (unpaired) electrons. The van der Waals surface area contributed by atoms with Crippen LogP contribution in [0, 0.1) is 0 Å². The number of carbonyl (C=O) groups is 1. The minimum atomic E-state index is -3.99. The molecule has 112 valence electrons. The van der Waals surface area contributed by atoms with Gasteiger partial charge < -0.3 is 4.90 Å². The van der Waals surface area contributed by atoms with Crippen LogP contribution < -0.4 is 0 Å². The minimum absolute atomic E-state index is 0.127. The van der Waals surface area contributed by atoms with Gasteiger partial charge in [0.1, 0.15) is 0 Å². The lowest BCUT2D eigenvalue weighted by molar-refractivity contribution is 0.0764. The van der Waals surface area contributed by atoms with Crippen LogP contribution >= 0.6 is 38.2 Å². The van der Waals surface area contributed by atoms with Crippen LogP contribution in [-0.4, -0.2) is 32.3 Å². The highest BCUT2D eigenvalue weighted by Gasteiger charge is 2.22. The van der Waals surface area contributed by atoms with Crippen molar-refractivity contribution in [3.63, 3.8) is 0 Å². The molecule has 0 aromatic heterocycles. The maximum Gasteiger partial charge on any atom is 0.262 e. The van der Waals surface area contributed by atoms with Gasteiger partial charge in [-0.05, 0) is 41.4 Å². The average molecular weight is 403 g/mol. The van der Waals surface area contributed by atoms with Gasteiger partial charge in [-0.25, -0.2) is 8.42 Å². The third-order valence-corrected chi connectivity index (χ3v) is 5.66. The van der Waals surface area contributed by atoms with Gasteiger partial charge in [-0.15, -0.1) is 0 Å². The second kappa shape index (κ2) is 7.11. The third kappa shape index (κ3) is 4.10. The van der Waals surface area contributed by atoms with E-state index in [0.717, 1.165) is 6.42 Å². The summed E-state index contributed by atoms with van der Waals surface area (Å²) in [6.07, 6.45) is 0.810. The number of carbonyl (C=O) groups excluding carboxylic acids is 1. The Morgan fingerprint density at radius 3 is 2.40 bits per heavy atom. The monoisotopic (exact) mass is 401 g/mol. The van der Waals surface area contributed by atoms with Crippen LogP contribution in [0.4, 0.5) is 0 Å². The van der Waals surface area contributed by atoms with E-state index in [9.17, 15) is 13.2 Å². The number of hydrogen-bond donors (Lipinski definition) is 0. The Morgan fingerprint density at radius 2 is 1.95 bits per heavy atom. The molecule has 4 nitrogen and oxygen atoms in total. The van der Waals surface area contributed by atoms with Crippen LogP contribution in [0.3, 0.4) is 0 Å². The van der Waals surface area contributed by atoms with Gasteiger partial charge in [0.15, 0.2) is 0 Å². The first-order valence-corrected chi connectivity index (χ1v) is 9.43. The predicted molar refractivity (Wildman–Crippen MR) is 84.1 cm³/mol. The van der Waals surface area contributed by atoms with Gasteiger partial charge in [-0.2, -0.15) is 0 Å². The summed E-state index contributed by atoms with van der Waals surface area (Å²) in [5.41, 5.74) is 0.202. The van der Waals surface area contributed by atoms with Crippen molar-refractivity contribution in [1.29, 1.82) is 0 Å². The summed E-state index contributed by atoms with van der Waals surface area (Å²) < 4.78 is 23.2. The molecule has 0 aliphatic rings. The molecule has 1 amide bonds. The summed E-state index contributed by atoms with van der Waals surface area (Å²) in [7, 11) is 1.36. The van der Waals surface area contributed by atoms with E-state index in [0.29, 0.717) is 13.1 Å². The molecule has 20 heavy (non-hydrogen) atoms. The summed E-state index contributed by atoms with van der Waals surface area (Å²) in [4.78, 5) is 13.7. The molecule has 0 saturated heterocycles. The largest absolute Gasteiger partial charge is 0.339 e. The fraction of sp³-hybridized carbons (Fsp3) is 0.417. The minimum Gasteiger partial charge on any atom is -0.339 e. The molecule has 1 aromatic rings. The lowest BCUT2D eigenvalue weighted by Gasteiger charge is -2.20. The quantitative estimate of drug-likeness (QED) is 0.701. The van der Waals surface area contributed by atoms with E-state index >= 15 is 0 Å². The number of nitrogens with zero attached hydrogens (tertiary/aromatic N) is 1. The molecule has 0 heterocycles. The van der Waals surface area contributed by atoms with Crippen molar-refractivity contribution >= 4 is 53.2 Å². The Balaban J connectivity index is 3.34. The molecule has 0 bridgehead atoms. The van der Waals surface area contributed by atoms with Crippen molar-refractivity contribution < 1.29 is 13.2 Å². The molecule has 0 atom stereocenters. The molecule has 0 N–H and O–H groups in total. The number of benzene rings is 1. The maximum atomic E-state index is 12.3. The Kier molecular flexibility index (Phi) is 6.31. The Hall–Kier alpha value is -0.300. The van der Waals surface area contributed by atoms with Crippen molar-refractivity contribution in [2.45, 2.75) is 25.2 Å². The molecule has 0 fully saturated rings. The smallest absolute Gasteiger partial charge is 0.262 e. The van der Waals surface area contributed by atoms with Crippen LogP contribution in [-0.2, 0) is 9.05 Å². The van der Waals surface area contributed by atoms with E-state index in [1.54, 1.807) is 4.90 Å². The van der Waals surface area contributed by atoms with Crippen LogP contribution in [0.5, 0.6) is 0 Å². The Morgan fingerprint density at radius 1 is 1.35 bits per heavy atom. The molecule has 0 spiro atoms. The standard InChI is InChI=1S/C12H14BrCl2NO3S/c1-3-5-16(4-2)12(17)8-6-9(14)11(13)10(7-8)20(15,18)19/h6-7H,3-5H2,1-2H3. The Labute approximate surface area is 136 Å². The second-order valence-electron chi connectivity index (χ2n) is 4.09. The van der Waals surface area contributed by atoms with Gasteiger partial charge in [-0.3, -0.25) is 4.79 Å². The normalized spacial score (nSPS) is 11.4. The average Bonchev–Trinajstić information content (AvgIpc) is 2.36. The van der Waals surface area contributed by atoms with Crippen molar-refractivity contribution in [3.05, 3.63) is 27.2 Å². The van der Waals surface area contributed by atoms with Gasteiger partial charge in [0.2, 0.25) is 0 Å². The van der Waals surface area contributed by atoms with Gasteiger partial charge in [0, 0.05) is 29.3 Å². The zero-order valence-electron chi connectivity index (χ0n) is 11.0. The van der Waals surface area contributed by atoms with Gasteiger partial charge >= 0.3 is 0 Å². The number of hydrogen-bond acceptors (Lipinski definition) is 3. The first-order chi connectivity index (χ1) is 9.22. The zero-order chi connectivity index (χ0) is 15.5. The molecule has 0 aliphatic heterocycles. The number of amides is 1. The summed E-state index contributed by atoms with van der Waals surface area (Å²) >= 11 is 9.02. The SMILES string of the molecule is CCCN(CC)C(=O)c1cc(Cl)c(Br)c(S(=O)(=O)Cl)c1. The lowest BCUT2D eigenvalue weighted by atomic mass is 10.2. The molecule has 1 aromatic carbocycles. The van der Waals surface area contributed by atoms with Gasteiger partial charge in [-0.1, -0.05) is 18.5 Å². The molecule has 1 rings (SSSR count). The van der Waals surface area contributed by atoms with E-state index in [1.165, 1.54) is 12.1 Å². The molecular formula is C12H14BrCl2NO3S. The van der Waals surface area contributed by atoms with Crippen molar-refractivity contribution in [1.82, 2.24) is 4.90 Å². The predicted octanol–water partition coefficient (Wildman–Crippen LogP) is 3.90. The van der Waals surface area contributed by atoms with Crippen LogP contribution in [0.15, 0.2) is 21.5 Å². The topological polar surface area (TPSA) is 54.5 Å². The third-order valence-electron chi connectivity index (χ3n) is 2.67. The van der Waals surface area contributed by atoms with Crippen LogP contribution in [0.1, 0.15) is 30.6 Å². The summed E-state index contributed by atoms with van der Waals surface area (Å²) in [5.74, 6) is -0.273. The molecule has 8 heteroatoms. The maximum absolute atomic E-state index is 12.3. The van der Waals surface area contributed by atoms with Crippen molar-refractivity contribution in [2.24, 2.45) is 0 Å². The highest BCUT2D eigenvalue weighted by atomic mass is 79.9. The van der Waals surface area contributed by atoms with Crippen molar-refractivity contribution in [2.75, 3.05) is 13.1 Å². The van der Waals surface area contributed by atoms with E-state index in [2.05, 4.69) is 15.9 Å².